The average Bonchev–Trinajstić information content (AvgIpc) is 2.21. The Morgan fingerprint density at radius 3 is 2.24 bits per heavy atom. The second-order valence-electron chi connectivity index (χ2n) is 6.50. The van der Waals surface area contributed by atoms with Crippen molar-refractivity contribution in [3.8, 4) is 0 Å². The van der Waals surface area contributed by atoms with Crippen LogP contribution in [-0.2, 0) is 4.79 Å². The predicted octanol–water partition coefficient (Wildman–Crippen LogP) is 2.48. The summed E-state index contributed by atoms with van der Waals surface area (Å²) in [5.41, 5.74) is 5.61. The Morgan fingerprint density at radius 2 is 1.82 bits per heavy atom. The Morgan fingerprint density at radius 1 is 1.35 bits per heavy atom. The Kier molecular flexibility index (Phi) is 5.95. The van der Waals surface area contributed by atoms with Crippen molar-refractivity contribution in [2.24, 2.45) is 16.6 Å². The molecule has 0 spiro atoms. The minimum absolute atomic E-state index is 0. The first-order chi connectivity index (χ1) is 7.27. The summed E-state index contributed by atoms with van der Waals surface area (Å²) in [5, 5.41) is 3.13. The molecule has 0 aromatic rings. The number of hydrogen-bond donors (Lipinski definition) is 2. The maximum atomic E-state index is 11.9. The van der Waals surface area contributed by atoms with Crippen molar-refractivity contribution in [1.82, 2.24) is 5.32 Å². The molecule has 1 amide bonds. The number of carbonyl (C=O) groups excluding carboxylic acids is 1. The number of nitrogens with one attached hydrogen (secondary N) is 1. The first-order valence-corrected chi connectivity index (χ1v) is 6.28. The van der Waals surface area contributed by atoms with E-state index in [0.29, 0.717) is 18.0 Å². The number of rotatable bonds is 3. The molecule has 1 saturated carbocycles. The fourth-order valence-electron chi connectivity index (χ4n) is 2.02. The van der Waals surface area contributed by atoms with Crippen LogP contribution in [0.15, 0.2) is 0 Å². The molecule has 1 fully saturated rings. The molecular weight excluding hydrogens is 236 g/mol. The first kappa shape index (κ1) is 16.7. The summed E-state index contributed by atoms with van der Waals surface area (Å²) in [5.74, 6) is 0.0970. The molecule has 0 unspecified atom stereocenters. The third-order valence-corrected chi connectivity index (χ3v) is 3.80. The van der Waals surface area contributed by atoms with Crippen molar-refractivity contribution in [3.05, 3.63) is 0 Å². The number of hydrogen-bond acceptors (Lipinski definition) is 2. The van der Waals surface area contributed by atoms with Crippen LogP contribution in [0.5, 0.6) is 0 Å². The summed E-state index contributed by atoms with van der Waals surface area (Å²) in [6, 6.07) is 0.353. The normalized spacial score (nSPS) is 20.5. The van der Waals surface area contributed by atoms with Crippen LogP contribution in [0.25, 0.3) is 0 Å². The van der Waals surface area contributed by atoms with Gasteiger partial charge in [0.25, 0.3) is 0 Å². The highest BCUT2D eigenvalue weighted by Gasteiger charge is 2.31. The number of nitrogens with two attached hydrogens (primary N) is 1. The fraction of sp³-hybridized carbons (Fsp3) is 0.923. The minimum Gasteiger partial charge on any atom is -0.353 e. The van der Waals surface area contributed by atoms with Crippen LogP contribution in [-0.4, -0.2) is 18.5 Å². The summed E-state index contributed by atoms with van der Waals surface area (Å²) in [7, 11) is 0. The predicted molar refractivity (Wildman–Crippen MR) is 74.3 cm³/mol. The summed E-state index contributed by atoms with van der Waals surface area (Å²) in [4.78, 5) is 11.9. The number of halogens is 1. The Bertz CT molecular complexity index is 254. The molecule has 0 radical (unpaired) electrons. The van der Waals surface area contributed by atoms with Gasteiger partial charge in [0.05, 0.1) is 5.41 Å². The van der Waals surface area contributed by atoms with Crippen LogP contribution < -0.4 is 11.1 Å². The lowest BCUT2D eigenvalue weighted by Gasteiger charge is -2.36. The van der Waals surface area contributed by atoms with Gasteiger partial charge in [-0.05, 0) is 44.9 Å². The van der Waals surface area contributed by atoms with Gasteiger partial charge in [0, 0.05) is 12.6 Å². The standard InChI is InChI=1S/C13H26N2O.ClH/c1-12(2)7-5-10(6-8-12)15-11(16)13(3,4)9-14;/h10H,5-9,14H2,1-4H3,(H,15,16);1H. The summed E-state index contributed by atoms with van der Waals surface area (Å²) in [6.45, 7) is 8.80. The molecule has 3 nitrogen and oxygen atoms in total. The van der Waals surface area contributed by atoms with Crippen molar-refractivity contribution in [2.45, 2.75) is 59.4 Å². The van der Waals surface area contributed by atoms with E-state index in [9.17, 15) is 4.79 Å². The second-order valence-corrected chi connectivity index (χ2v) is 6.50. The quantitative estimate of drug-likeness (QED) is 0.821. The van der Waals surface area contributed by atoms with Gasteiger partial charge >= 0.3 is 0 Å². The molecule has 3 N–H and O–H groups in total. The molecule has 0 aromatic heterocycles. The Labute approximate surface area is 111 Å². The van der Waals surface area contributed by atoms with Gasteiger partial charge in [0.2, 0.25) is 5.91 Å². The second kappa shape index (κ2) is 6.05. The zero-order chi connectivity index (χ0) is 12.4. The van der Waals surface area contributed by atoms with Crippen LogP contribution in [0.3, 0.4) is 0 Å². The van der Waals surface area contributed by atoms with E-state index in [2.05, 4.69) is 19.2 Å². The van der Waals surface area contributed by atoms with Crippen LogP contribution in [0, 0.1) is 10.8 Å². The third-order valence-electron chi connectivity index (χ3n) is 3.80. The Hall–Kier alpha value is -0.280. The average molecular weight is 263 g/mol. The molecule has 102 valence electrons. The summed E-state index contributed by atoms with van der Waals surface area (Å²) in [6.07, 6.45) is 4.58. The van der Waals surface area contributed by atoms with Crippen molar-refractivity contribution < 1.29 is 4.79 Å². The number of amides is 1. The van der Waals surface area contributed by atoms with Crippen LogP contribution in [0.2, 0.25) is 0 Å². The largest absolute Gasteiger partial charge is 0.353 e. The first-order valence-electron chi connectivity index (χ1n) is 6.28. The van der Waals surface area contributed by atoms with Gasteiger partial charge in [-0.15, -0.1) is 12.4 Å². The van der Waals surface area contributed by atoms with E-state index in [1.807, 2.05) is 13.8 Å². The third kappa shape index (κ3) is 4.84. The molecule has 0 bridgehead atoms. The zero-order valence-corrected chi connectivity index (χ0v) is 12.3. The van der Waals surface area contributed by atoms with Gasteiger partial charge in [-0.1, -0.05) is 13.8 Å². The number of carbonyl (C=O) groups is 1. The van der Waals surface area contributed by atoms with Gasteiger partial charge in [-0.2, -0.15) is 0 Å². The molecule has 0 aliphatic heterocycles. The van der Waals surface area contributed by atoms with E-state index in [0.717, 1.165) is 12.8 Å². The van der Waals surface area contributed by atoms with Gasteiger partial charge in [-0.3, -0.25) is 4.79 Å². The topological polar surface area (TPSA) is 55.1 Å². The van der Waals surface area contributed by atoms with Crippen molar-refractivity contribution in [1.29, 1.82) is 0 Å². The van der Waals surface area contributed by atoms with Crippen molar-refractivity contribution in [2.75, 3.05) is 6.54 Å². The lowest BCUT2D eigenvalue weighted by atomic mass is 9.75. The molecular formula is C13H27ClN2O. The maximum absolute atomic E-state index is 11.9. The van der Waals surface area contributed by atoms with E-state index in [-0.39, 0.29) is 18.3 Å². The lowest BCUT2D eigenvalue weighted by Crippen LogP contribution is -2.47. The monoisotopic (exact) mass is 262 g/mol. The van der Waals surface area contributed by atoms with Crippen LogP contribution >= 0.6 is 12.4 Å². The molecule has 0 aromatic carbocycles. The summed E-state index contributed by atoms with van der Waals surface area (Å²) < 4.78 is 0. The van der Waals surface area contributed by atoms with E-state index >= 15 is 0 Å². The molecule has 4 heteroatoms. The van der Waals surface area contributed by atoms with Crippen LogP contribution in [0.4, 0.5) is 0 Å². The molecule has 0 heterocycles. The van der Waals surface area contributed by atoms with E-state index in [1.165, 1.54) is 12.8 Å². The highest BCUT2D eigenvalue weighted by atomic mass is 35.5. The highest BCUT2D eigenvalue weighted by Crippen LogP contribution is 2.35. The maximum Gasteiger partial charge on any atom is 0.227 e. The molecule has 1 aliphatic rings. The minimum atomic E-state index is -0.438. The van der Waals surface area contributed by atoms with Crippen molar-refractivity contribution >= 4 is 18.3 Å². The van der Waals surface area contributed by atoms with E-state index in [4.69, 9.17) is 5.73 Å². The SMILES string of the molecule is CC1(C)CCC(NC(=O)C(C)(C)CN)CC1.Cl. The molecule has 1 aliphatic carbocycles. The Balaban J connectivity index is 0.00000256. The highest BCUT2D eigenvalue weighted by molar-refractivity contribution is 5.85. The van der Waals surface area contributed by atoms with E-state index in [1.54, 1.807) is 0 Å². The fourth-order valence-corrected chi connectivity index (χ4v) is 2.02. The molecule has 17 heavy (non-hydrogen) atoms. The lowest BCUT2D eigenvalue weighted by molar-refractivity contribution is -0.130. The van der Waals surface area contributed by atoms with Crippen LogP contribution in [0.1, 0.15) is 53.4 Å². The smallest absolute Gasteiger partial charge is 0.227 e. The van der Waals surface area contributed by atoms with Gasteiger partial charge in [0.15, 0.2) is 0 Å². The van der Waals surface area contributed by atoms with Gasteiger partial charge < -0.3 is 11.1 Å². The molecule has 0 atom stereocenters. The molecule has 1 rings (SSSR count). The van der Waals surface area contributed by atoms with Gasteiger partial charge in [-0.25, -0.2) is 0 Å². The zero-order valence-electron chi connectivity index (χ0n) is 11.5. The van der Waals surface area contributed by atoms with Gasteiger partial charge in [0.1, 0.15) is 0 Å². The molecule has 0 saturated heterocycles. The summed E-state index contributed by atoms with van der Waals surface area (Å²) >= 11 is 0. The van der Waals surface area contributed by atoms with E-state index < -0.39 is 5.41 Å². The van der Waals surface area contributed by atoms with Crippen molar-refractivity contribution in [3.63, 3.8) is 0 Å².